The molecule has 4 aromatic rings. The summed E-state index contributed by atoms with van der Waals surface area (Å²) in [6.45, 7) is 0. The molecule has 12 heteroatoms. The molecule has 0 fully saturated rings. The minimum atomic E-state index is -0.329. The van der Waals surface area contributed by atoms with Crippen molar-refractivity contribution >= 4 is 92.3 Å². The molecule has 1 aromatic heterocycles. The van der Waals surface area contributed by atoms with E-state index in [1.807, 2.05) is 57.5 Å². The predicted octanol–water partition coefficient (Wildman–Crippen LogP) is 6.40. The number of hydrogen-bond donors (Lipinski definition) is 2. The molecule has 35 heavy (non-hydrogen) atoms. The number of rotatable bonds is 7. The fourth-order valence-corrected chi connectivity index (χ4v) is 5.88. The van der Waals surface area contributed by atoms with E-state index in [1.54, 1.807) is 30.3 Å². The monoisotopic (exact) mass is 749 g/mol. The Balaban J connectivity index is 1.51. The normalized spacial score (nSPS) is 11.2. The van der Waals surface area contributed by atoms with Crippen LogP contribution >= 0.6 is 80.1 Å². The molecule has 0 aliphatic rings. The van der Waals surface area contributed by atoms with Crippen LogP contribution in [0, 0.1) is 7.14 Å². The van der Waals surface area contributed by atoms with Crippen LogP contribution in [0.15, 0.2) is 70.9 Å². The lowest BCUT2D eigenvalue weighted by molar-refractivity contribution is -0.118. The molecule has 7 nitrogen and oxygen atoms in total. The van der Waals surface area contributed by atoms with E-state index in [0.29, 0.717) is 30.2 Å². The Morgan fingerprint density at radius 2 is 1.71 bits per heavy atom. The molecule has 0 radical (unpaired) electrons. The van der Waals surface area contributed by atoms with Crippen molar-refractivity contribution in [1.82, 2.24) is 20.2 Å². The van der Waals surface area contributed by atoms with Gasteiger partial charge >= 0.3 is 0 Å². The fourth-order valence-electron chi connectivity index (χ4n) is 2.99. The summed E-state index contributed by atoms with van der Waals surface area (Å²) in [6, 6.07) is 18.2. The van der Waals surface area contributed by atoms with Crippen molar-refractivity contribution in [2.75, 3.05) is 5.75 Å². The van der Waals surface area contributed by atoms with Gasteiger partial charge in [-0.25, -0.2) is 5.43 Å². The van der Waals surface area contributed by atoms with E-state index in [0.717, 1.165) is 14.8 Å². The number of nitrogens with one attached hydrogen (secondary N) is 1. The second-order valence-electron chi connectivity index (χ2n) is 7.03. The molecule has 0 atom stereocenters. The minimum absolute atomic E-state index is 0.0551. The molecular formula is C23H15Cl2I2N5O2S. The zero-order valence-electron chi connectivity index (χ0n) is 17.6. The Hall–Kier alpha value is -1.87. The highest BCUT2D eigenvalue weighted by Gasteiger charge is 2.17. The lowest BCUT2D eigenvalue weighted by atomic mass is 10.2. The zero-order chi connectivity index (χ0) is 24.9. The average molecular weight is 750 g/mol. The average Bonchev–Trinajstić information content (AvgIpc) is 3.25. The van der Waals surface area contributed by atoms with Crippen LogP contribution in [0.5, 0.6) is 5.75 Å². The lowest BCUT2D eigenvalue weighted by Gasteiger charge is -2.10. The number of amides is 1. The molecule has 0 bridgehead atoms. The third kappa shape index (κ3) is 6.67. The number of nitrogens with zero attached hydrogens (tertiary/aromatic N) is 4. The standard InChI is InChI=1S/C23H15Cl2I2N5O2S/c24-15-3-1-13(2-4-15)22-30-31-23(32(22)18-7-5-16(25)6-8-18)35-12-20(33)29-28-11-14-9-17(26)10-19(27)21(14)34/h1-11,34H,12H2,(H,29,33)/b28-11-. The quantitative estimate of drug-likeness (QED) is 0.0989. The molecule has 4 rings (SSSR count). The fraction of sp³-hybridized carbons (Fsp3) is 0.0435. The van der Waals surface area contributed by atoms with Crippen LogP contribution in [-0.4, -0.2) is 37.7 Å². The van der Waals surface area contributed by atoms with Gasteiger partial charge in [0.25, 0.3) is 5.91 Å². The van der Waals surface area contributed by atoms with E-state index in [2.05, 4.69) is 43.3 Å². The predicted molar refractivity (Wildman–Crippen MR) is 157 cm³/mol. The van der Waals surface area contributed by atoms with Gasteiger partial charge in [0.05, 0.1) is 15.5 Å². The lowest BCUT2D eigenvalue weighted by Crippen LogP contribution is -2.20. The number of aromatic hydroxyl groups is 1. The minimum Gasteiger partial charge on any atom is -0.506 e. The molecule has 0 spiro atoms. The van der Waals surface area contributed by atoms with Crippen LogP contribution in [0.2, 0.25) is 10.0 Å². The summed E-state index contributed by atoms with van der Waals surface area (Å²) < 4.78 is 3.51. The Bertz CT molecular complexity index is 1400. The van der Waals surface area contributed by atoms with E-state index in [-0.39, 0.29) is 17.4 Å². The van der Waals surface area contributed by atoms with Gasteiger partial charge in [0, 0.05) is 30.4 Å². The molecule has 0 saturated heterocycles. The molecule has 178 valence electrons. The summed E-state index contributed by atoms with van der Waals surface area (Å²) in [4.78, 5) is 12.4. The number of halogens is 4. The molecule has 1 amide bonds. The van der Waals surface area contributed by atoms with Gasteiger partial charge in [0.2, 0.25) is 0 Å². The number of phenols is 1. The van der Waals surface area contributed by atoms with Crippen molar-refractivity contribution in [2.45, 2.75) is 5.16 Å². The van der Waals surface area contributed by atoms with Crippen LogP contribution < -0.4 is 5.43 Å². The maximum Gasteiger partial charge on any atom is 0.250 e. The summed E-state index contributed by atoms with van der Waals surface area (Å²) in [5.41, 5.74) is 4.62. The third-order valence-electron chi connectivity index (χ3n) is 4.60. The molecule has 0 aliphatic carbocycles. The first-order valence-corrected chi connectivity index (χ1v) is 13.8. The smallest absolute Gasteiger partial charge is 0.250 e. The Labute approximate surface area is 242 Å². The summed E-state index contributed by atoms with van der Waals surface area (Å²) in [5, 5.41) is 24.5. The van der Waals surface area contributed by atoms with Gasteiger partial charge in [-0.1, -0.05) is 35.0 Å². The molecule has 0 unspecified atom stereocenters. The van der Waals surface area contributed by atoms with Crippen LogP contribution in [0.25, 0.3) is 17.1 Å². The van der Waals surface area contributed by atoms with Gasteiger partial charge in [0.15, 0.2) is 11.0 Å². The van der Waals surface area contributed by atoms with Crippen molar-refractivity contribution in [3.8, 4) is 22.8 Å². The van der Waals surface area contributed by atoms with E-state index >= 15 is 0 Å². The van der Waals surface area contributed by atoms with E-state index < -0.39 is 0 Å². The SMILES string of the molecule is O=C(CSc1nnc(-c2ccc(Cl)cc2)n1-c1ccc(Cl)cc1)N/N=C\c1cc(I)cc(I)c1O. The molecular weight excluding hydrogens is 735 g/mol. The Morgan fingerprint density at radius 3 is 2.40 bits per heavy atom. The first-order valence-electron chi connectivity index (χ1n) is 9.92. The van der Waals surface area contributed by atoms with E-state index in [9.17, 15) is 9.90 Å². The molecule has 3 aromatic carbocycles. The van der Waals surface area contributed by atoms with Crippen LogP contribution in [0.4, 0.5) is 0 Å². The van der Waals surface area contributed by atoms with Gasteiger partial charge in [-0.3, -0.25) is 9.36 Å². The topological polar surface area (TPSA) is 92.4 Å². The van der Waals surface area contributed by atoms with Crippen molar-refractivity contribution in [2.24, 2.45) is 5.10 Å². The van der Waals surface area contributed by atoms with Gasteiger partial charge in [-0.2, -0.15) is 5.10 Å². The van der Waals surface area contributed by atoms with Gasteiger partial charge in [0.1, 0.15) is 5.75 Å². The van der Waals surface area contributed by atoms with Crippen molar-refractivity contribution in [1.29, 1.82) is 0 Å². The number of benzene rings is 3. The summed E-state index contributed by atoms with van der Waals surface area (Å²) >= 11 is 17.5. The molecule has 0 aliphatic heterocycles. The summed E-state index contributed by atoms with van der Waals surface area (Å²) in [6.07, 6.45) is 1.41. The van der Waals surface area contributed by atoms with Crippen molar-refractivity contribution in [3.05, 3.63) is 83.4 Å². The first kappa shape index (κ1) is 26.2. The maximum absolute atomic E-state index is 12.4. The number of hydrogen-bond acceptors (Lipinski definition) is 6. The van der Waals surface area contributed by atoms with Crippen LogP contribution in [0.3, 0.4) is 0 Å². The Morgan fingerprint density at radius 1 is 1.06 bits per heavy atom. The van der Waals surface area contributed by atoms with Gasteiger partial charge in [-0.05, 0) is 106 Å². The van der Waals surface area contributed by atoms with Crippen molar-refractivity contribution < 1.29 is 9.90 Å². The molecule has 2 N–H and O–H groups in total. The number of carbonyl (C=O) groups excluding carboxylic acids is 1. The van der Waals surface area contributed by atoms with Gasteiger partial charge in [-0.15, -0.1) is 10.2 Å². The number of phenolic OH excluding ortho intramolecular Hbond substituents is 1. The highest BCUT2D eigenvalue weighted by atomic mass is 127. The Kier molecular flexibility index (Phi) is 8.92. The molecule has 1 heterocycles. The first-order chi connectivity index (χ1) is 16.8. The molecule has 0 saturated carbocycles. The summed E-state index contributed by atoms with van der Waals surface area (Å²) in [7, 11) is 0. The van der Waals surface area contributed by atoms with Crippen LogP contribution in [-0.2, 0) is 4.79 Å². The maximum atomic E-state index is 12.4. The second kappa shape index (κ2) is 11.9. The highest BCUT2D eigenvalue weighted by Crippen LogP contribution is 2.29. The third-order valence-corrected chi connectivity index (χ3v) is 7.48. The number of aromatic nitrogens is 3. The van der Waals surface area contributed by atoms with E-state index in [1.165, 1.54) is 18.0 Å². The largest absolute Gasteiger partial charge is 0.506 e. The number of hydrazone groups is 1. The van der Waals surface area contributed by atoms with Crippen LogP contribution in [0.1, 0.15) is 5.56 Å². The second-order valence-corrected chi connectivity index (χ2v) is 11.3. The summed E-state index contributed by atoms with van der Waals surface area (Å²) in [5.74, 6) is 0.446. The highest BCUT2D eigenvalue weighted by molar-refractivity contribution is 14.1. The van der Waals surface area contributed by atoms with Crippen molar-refractivity contribution in [3.63, 3.8) is 0 Å². The number of thioether (sulfide) groups is 1. The van der Waals surface area contributed by atoms with Gasteiger partial charge < -0.3 is 5.11 Å². The number of carbonyl (C=O) groups is 1. The zero-order valence-corrected chi connectivity index (χ0v) is 24.3. The van der Waals surface area contributed by atoms with E-state index in [4.69, 9.17) is 23.2 Å².